The van der Waals surface area contributed by atoms with E-state index in [1.54, 1.807) is 0 Å². The van der Waals surface area contributed by atoms with Gasteiger partial charge in [-0.3, -0.25) is 9.59 Å². The average molecular weight is 313 g/mol. The topological polar surface area (TPSA) is 66.4 Å². The van der Waals surface area contributed by atoms with E-state index in [9.17, 15) is 14.7 Å². The normalized spacial score (nSPS) is 16.5. The Bertz CT molecular complexity index is 369. The van der Waals surface area contributed by atoms with Gasteiger partial charge in [-0.1, -0.05) is 41.5 Å². The van der Waals surface area contributed by atoms with Gasteiger partial charge in [-0.2, -0.15) is 0 Å². The zero-order valence-corrected chi connectivity index (χ0v) is 15.6. The van der Waals surface area contributed by atoms with Crippen molar-refractivity contribution in [3.05, 3.63) is 0 Å². The third-order valence-corrected chi connectivity index (χ3v) is 4.12. The highest BCUT2D eigenvalue weighted by molar-refractivity contribution is 5.88. The molecule has 1 amide bonds. The number of Topliss-reactive ketones (excluding diaryl/α,β-unsaturated/α-hetero) is 1. The summed E-state index contributed by atoms with van der Waals surface area (Å²) in [6.45, 7) is 15.5. The lowest BCUT2D eigenvalue weighted by Gasteiger charge is -2.28. The Morgan fingerprint density at radius 2 is 1.55 bits per heavy atom. The molecule has 0 aliphatic rings. The molecule has 130 valence electrons. The molecule has 0 fully saturated rings. The van der Waals surface area contributed by atoms with Crippen LogP contribution in [0.3, 0.4) is 0 Å². The monoisotopic (exact) mass is 313 g/mol. The zero-order valence-electron chi connectivity index (χ0n) is 15.6. The van der Waals surface area contributed by atoms with Gasteiger partial charge in [0.25, 0.3) is 0 Å². The van der Waals surface area contributed by atoms with E-state index >= 15 is 0 Å². The standard InChI is InChI=1S/C18H35NO3/c1-11(2)14(17(22)19-12(3)4)10-15(20)13(5)9-16(21)18(6,7)8/h11-14,16,21H,9-10H2,1-8H3,(H,19,22)/t13-,14+,16+/m1/s1. The van der Waals surface area contributed by atoms with Gasteiger partial charge < -0.3 is 10.4 Å². The lowest BCUT2D eigenvalue weighted by atomic mass is 9.80. The Morgan fingerprint density at radius 3 is 1.91 bits per heavy atom. The summed E-state index contributed by atoms with van der Waals surface area (Å²) in [5.41, 5.74) is -0.235. The number of aliphatic hydroxyl groups is 1. The fourth-order valence-corrected chi connectivity index (χ4v) is 2.26. The summed E-state index contributed by atoms with van der Waals surface area (Å²) in [5, 5.41) is 13.0. The first-order valence-electron chi connectivity index (χ1n) is 8.37. The molecular formula is C18H35NO3. The van der Waals surface area contributed by atoms with Crippen LogP contribution in [0.1, 0.15) is 68.2 Å². The van der Waals surface area contributed by atoms with Crippen LogP contribution in [-0.2, 0) is 9.59 Å². The summed E-state index contributed by atoms with van der Waals surface area (Å²) in [4.78, 5) is 24.6. The Balaban J connectivity index is 4.73. The fraction of sp³-hybridized carbons (Fsp3) is 0.889. The zero-order chi connectivity index (χ0) is 17.7. The van der Waals surface area contributed by atoms with Crippen molar-refractivity contribution in [1.82, 2.24) is 5.32 Å². The second-order valence-corrected chi connectivity index (χ2v) is 8.20. The van der Waals surface area contributed by atoms with Crippen LogP contribution in [0.2, 0.25) is 0 Å². The molecule has 0 bridgehead atoms. The number of carbonyl (C=O) groups is 2. The predicted octanol–water partition coefficient (Wildman–Crippen LogP) is 3.18. The maximum atomic E-state index is 12.4. The van der Waals surface area contributed by atoms with Crippen LogP contribution in [-0.4, -0.2) is 28.9 Å². The van der Waals surface area contributed by atoms with Crippen molar-refractivity contribution >= 4 is 11.7 Å². The van der Waals surface area contributed by atoms with Crippen molar-refractivity contribution in [1.29, 1.82) is 0 Å². The summed E-state index contributed by atoms with van der Waals surface area (Å²) in [6.07, 6.45) is 0.168. The number of rotatable bonds is 8. The first-order chi connectivity index (χ1) is 9.86. The van der Waals surface area contributed by atoms with Crippen molar-refractivity contribution in [2.45, 2.75) is 80.4 Å². The van der Waals surface area contributed by atoms with Gasteiger partial charge in [0.05, 0.1) is 6.10 Å². The molecule has 0 radical (unpaired) electrons. The molecule has 0 spiro atoms. The quantitative estimate of drug-likeness (QED) is 0.723. The fourth-order valence-electron chi connectivity index (χ4n) is 2.26. The highest BCUT2D eigenvalue weighted by Crippen LogP contribution is 2.26. The highest BCUT2D eigenvalue weighted by atomic mass is 16.3. The van der Waals surface area contributed by atoms with Gasteiger partial charge in [0, 0.05) is 24.3 Å². The largest absolute Gasteiger partial charge is 0.393 e. The van der Waals surface area contributed by atoms with Crippen LogP contribution >= 0.6 is 0 Å². The molecule has 0 aromatic heterocycles. The molecule has 2 N–H and O–H groups in total. The van der Waals surface area contributed by atoms with Gasteiger partial charge in [-0.15, -0.1) is 0 Å². The number of carbonyl (C=O) groups excluding carboxylic acids is 2. The van der Waals surface area contributed by atoms with Crippen LogP contribution in [0.15, 0.2) is 0 Å². The van der Waals surface area contributed by atoms with E-state index in [1.165, 1.54) is 0 Å². The summed E-state index contributed by atoms with van der Waals surface area (Å²) < 4.78 is 0. The third kappa shape index (κ3) is 7.39. The molecule has 0 unspecified atom stereocenters. The molecular weight excluding hydrogens is 278 g/mol. The van der Waals surface area contributed by atoms with Crippen LogP contribution in [0.5, 0.6) is 0 Å². The molecule has 0 aromatic rings. The number of hydrogen-bond acceptors (Lipinski definition) is 3. The molecule has 3 atom stereocenters. The van der Waals surface area contributed by atoms with Gasteiger partial charge in [-0.05, 0) is 31.6 Å². The van der Waals surface area contributed by atoms with Crippen LogP contribution < -0.4 is 5.32 Å². The maximum Gasteiger partial charge on any atom is 0.224 e. The first kappa shape index (κ1) is 21.1. The lowest BCUT2D eigenvalue weighted by Crippen LogP contribution is -2.39. The van der Waals surface area contributed by atoms with Crippen LogP contribution in [0.4, 0.5) is 0 Å². The van der Waals surface area contributed by atoms with E-state index in [2.05, 4.69) is 5.32 Å². The molecule has 0 saturated carbocycles. The molecule has 0 aliphatic heterocycles. The van der Waals surface area contributed by atoms with Gasteiger partial charge in [0.1, 0.15) is 5.78 Å². The van der Waals surface area contributed by atoms with Crippen molar-refractivity contribution in [2.24, 2.45) is 23.2 Å². The van der Waals surface area contributed by atoms with Crippen molar-refractivity contribution < 1.29 is 14.7 Å². The second-order valence-electron chi connectivity index (χ2n) is 8.20. The van der Waals surface area contributed by atoms with Gasteiger partial charge >= 0.3 is 0 Å². The lowest BCUT2D eigenvalue weighted by molar-refractivity contribution is -0.133. The first-order valence-corrected chi connectivity index (χ1v) is 8.37. The van der Waals surface area contributed by atoms with Gasteiger partial charge in [0.2, 0.25) is 5.91 Å². The van der Waals surface area contributed by atoms with Crippen molar-refractivity contribution in [2.75, 3.05) is 0 Å². The van der Waals surface area contributed by atoms with Gasteiger partial charge in [-0.25, -0.2) is 0 Å². The van der Waals surface area contributed by atoms with E-state index in [4.69, 9.17) is 0 Å². The summed E-state index contributed by atoms with van der Waals surface area (Å²) in [7, 11) is 0. The average Bonchev–Trinajstić information content (AvgIpc) is 2.32. The Labute approximate surface area is 136 Å². The molecule has 4 heteroatoms. The molecule has 22 heavy (non-hydrogen) atoms. The van der Waals surface area contributed by atoms with E-state index in [0.717, 1.165) is 0 Å². The third-order valence-electron chi connectivity index (χ3n) is 4.12. The minimum atomic E-state index is -0.520. The molecule has 0 heterocycles. The molecule has 0 aliphatic carbocycles. The number of amides is 1. The Hall–Kier alpha value is -0.900. The number of hydrogen-bond donors (Lipinski definition) is 2. The number of ketones is 1. The van der Waals surface area contributed by atoms with Crippen molar-refractivity contribution in [3.63, 3.8) is 0 Å². The Morgan fingerprint density at radius 1 is 1.05 bits per heavy atom. The smallest absolute Gasteiger partial charge is 0.224 e. The van der Waals surface area contributed by atoms with E-state index in [-0.39, 0.29) is 47.3 Å². The van der Waals surface area contributed by atoms with E-state index in [1.807, 2.05) is 55.4 Å². The molecule has 4 nitrogen and oxygen atoms in total. The second kappa shape index (κ2) is 8.66. The minimum absolute atomic E-state index is 0.0538. The number of aliphatic hydroxyl groups excluding tert-OH is 1. The molecule has 0 saturated heterocycles. The predicted molar refractivity (Wildman–Crippen MR) is 90.5 cm³/mol. The van der Waals surface area contributed by atoms with E-state index < -0.39 is 6.10 Å². The highest BCUT2D eigenvalue weighted by Gasteiger charge is 2.30. The maximum absolute atomic E-state index is 12.4. The summed E-state index contributed by atoms with van der Waals surface area (Å²) in [6, 6.07) is 0.0731. The summed E-state index contributed by atoms with van der Waals surface area (Å²) in [5.74, 6) is -0.420. The molecule has 0 aromatic carbocycles. The molecule has 0 rings (SSSR count). The summed E-state index contributed by atoms with van der Waals surface area (Å²) >= 11 is 0. The van der Waals surface area contributed by atoms with Crippen molar-refractivity contribution in [3.8, 4) is 0 Å². The van der Waals surface area contributed by atoms with Crippen LogP contribution in [0, 0.1) is 23.2 Å². The Kier molecular flexibility index (Phi) is 8.30. The van der Waals surface area contributed by atoms with E-state index in [0.29, 0.717) is 6.42 Å². The number of nitrogens with one attached hydrogen (secondary N) is 1. The minimum Gasteiger partial charge on any atom is -0.393 e. The SMILES string of the molecule is CC(C)NC(=O)[C@@H](CC(=O)[C@H](C)C[C@H](O)C(C)(C)C)C(C)C. The van der Waals surface area contributed by atoms with Gasteiger partial charge in [0.15, 0.2) is 0 Å². The van der Waals surface area contributed by atoms with Crippen LogP contribution in [0.25, 0.3) is 0 Å².